The number of benzene rings is 1. The fraction of sp³-hybridized carbons (Fsp3) is 0.143. The Morgan fingerprint density at radius 1 is 1.11 bits per heavy atom. The van der Waals surface area contributed by atoms with Gasteiger partial charge in [0, 0.05) is 30.6 Å². The number of aliphatic hydroxyl groups excluding tert-OH is 1. The van der Waals surface area contributed by atoms with Crippen molar-refractivity contribution in [1.82, 2.24) is 4.98 Å². The Kier molecular flexibility index (Phi) is 6.68. The number of hydrogen-bond donors (Lipinski definition) is 3. The topological polar surface area (TPSA) is 82.5 Å². The molecule has 0 aliphatic carbocycles. The van der Waals surface area contributed by atoms with Crippen molar-refractivity contribution in [2.45, 2.75) is 6.42 Å². The van der Waals surface area contributed by atoms with Gasteiger partial charge in [0.15, 0.2) is 0 Å². The minimum atomic E-state index is -1.04. The molecule has 19 heavy (non-hydrogen) atoms. The van der Waals surface area contributed by atoms with E-state index in [9.17, 15) is 4.79 Å². The Morgan fingerprint density at radius 2 is 1.79 bits per heavy atom. The second kappa shape index (κ2) is 8.66. The molecule has 5 nitrogen and oxygen atoms in total. The van der Waals surface area contributed by atoms with Crippen LogP contribution in [0.5, 0.6) is 0 Å². The molecule has 3 N–H and O–H groups in total. The maximum absolute atomic E-state index is 10.1. The zero-order chi connectivity index (χ0) is 13.9. The van der Waals surface area contributed by atoms with Gasteiger partial charge in [-0.05, 0) is 24.3 Å². The predicted octanol–water partition coefficient (Wildman–Crippen LogP) is 2.39. The van der Waals surface area contributed by atoms with Gasteiger partial charge < -0.3 is 10.2 Å². The normalized spacial score (nSPS) is 9.11. The third kappa shape index (κ3) is 6.80. The van der Waals surface area contributed by atoms with Crippen LogP contribution in [0.15, 0.2) is 54.7 Å². The van der Waals surface area contributed by atoms with Crippen LogP contribution in [0.2, 0.25) is 0 Å². The fourth-order valence-electron chi connectivity index (χ4n) is 1.31. The van der Waals surface area contributed by atoms with E-state index in [4.69, 9.17) is 10.2 Å². The van der Waals surface area contributed by atoms with E-state index < -0.39 is 6.09 Å². The second-order valence-electron chi connectivity index (χ2n) is 3.59. The molecule has 0 radical (unpaired) electrons. The molecule has 0 bridgehead atoms. The lowest BCUT2D eigenvalue weighted by atomic mass is 10.3. The van der Waals surface area contributed by atoms with E-state index in [1.165, 1.54) is 0 Å². The largest absolute Gasteiger partial charge is 0.465 e. The highest BCUT2D eigenvalue weighted by Gasteiger charge is 1.93. The average molecular weight is 260 g/mol. The number of rotatable bonds is 3. The summed E-state index contributed by atoms with van der Waals surface area (Å²) in [5, 5.41) is 19.0. The number of carbonyl (C=O) groups is 1. The minimum Gasteiger partial charge on any atom is -0.465 e. The summed E-state index contributed by atoms with van der Waals surface area (Å²) in [6.07, 6.45) is 1.34. The third-order valence-electron chi connectivity index (χ3n) is 2.12. The summed E-state index contributed by atoms with van der Waals surface area (Å²) in [5.74, 6) is 0. The van der Waals surface area contributed by atoms with Crippen molar-refractivity contribution in [2.24, 2.45) is 0 Å². The predicted molar refractivity (Wildman–Crippen MR) is 73.1 cm³/mol. The molecule has 100 valence electrons. The SMILES string of the molecule is O=C(O)Nc1ccccc1.OCCc1ccccn1. The first-order chi connectivity index (χ1) is 9.22. The molecule has 0 spiro atoms. The van der Waals surface area contributed by atoms with E-state index >= 15 is 0 Å². The molecular formula is C14H16N2O3. The standard InChI is InChI=1S/C7H7NO2.C7H9NO/c9-7(10)8-6-4-2-1-3-5-6;9-6-4-7-3-1-2-5-8-7/h1-5,8H,(H,9,10);1-3,5,9H,4,6H2. The Labute approximate surface area is 111 Å². The zero-order valence-corrected chi connectivity index (χ0v) is 10.4. The molecule has 2 aromatic rings. The summed E-state index contributed by atoms with van der Waals surface area (Å²) in [4.78, 5) is 14.1. The molecule has 1 heterocycles. The number of para-hydroxylation sites is 1. The number of hydrogen-bond acceptors (Lipinski definition) is 3. The average Bonchev–Trinajstić information content (AvgIpc) is 2.41. The zero-order valence-electron chi connectivity index (χ0n) is 10.4. The van der Waals surface area contributed by atoms with Crippen LogP contribution in [-0.2, 0) is 6.42 Å². The Bertz CT molecular complexity index is 475. The van der Waals surface area contributed by atoms with Crippen LogP contribution >= 0.6 is 0 Å². The molecule has 0 saturated heterocycles. The molecule has 5 heteroatoms. The molecule has 1 amide bonds. The maximum Gasteiger partial charge on any atom is 0.409 e. The number of aromatic nitrogens is 1. The summed E-state index contributed by atoms with van der Waals surface area (Å²) in [7, 11) is 0. The molecule has 1 aromatic heterocycles. The van der Waals surface area contributed by atoms with Gasteiger partial charge in [-0.1, -0.05) is 24.3 Å². The van der Waals surface area contributed by atoms with Crippen LogP contribution in [0.1, 0.15) is 5.69 Å². The van der Waals surface area contributed by atoms with Crippen LogP contribution < -0.4 is 5.32 Å². The van der Waals surface area contributed by atoms with Gasteiger partial charge in [0.25, 0.3) is 0 Å². The van der Waals surface area contributed by atoms with Gasteiger partial charge in [0.2, 0.25) is 0 Å². The van der Waals surface area contributed by atoms with E-state index in [-0.39, 0.29) is 6.61 Å². The second-order valence-corrected chi connectivity index (χ2v) is 3.59. The number of amides is 1. The summed E-state index contributed by atoms with van der Waals surface area (Å²) < 4.78 is 0. The quantitative estimate of drug-likeness (QED) is 0.791. The molecule has 0 unspecified atom stereocenters. The number of carboxylic acid groups (broad SMARTS) is 1. The molecule has 2 rings (SSSR count). The van der Waals surface area contributed by atoms with Gasteiger partial charge in [0.05, 0.1) is 0 Å². The monoisotopic (exact) mass is 260 g/mol. The van der Waals surface area contributed by atoms with Gasteiger partial charge in [0.1, 0.15) is 0 Å². The van der Waals surface area contributed by atoms with E-state index in [0.29, 0.717) is 12.1 Å². The number of anilines is 1. The summed E-state index contributed by atoms with van der Waals surface area (Å²) >= 11 is 0. The molecular weight excluding hydrogens is 244 g/mol. The van der Waals surface area contributed by atoms with Gasteiger partial charge in [-0.15, -0.1) is 0 Å². The van der Waals surface area contributed by atoms with Crippen molar-refractivity contribution in [3.05, 3.63) is 60.4 Å². The molecule has 0 aliphatic rings. The highest BCUT2D eigenvalue weighted by molar-refractivity contribution is 5.82. The van der Waals surface area contributed by atoms with Crippen LogP contribution in [0.25, 0.3) is 0 Å². The first-order valence-electron chi connectivity index (χ1n) is 5.78. The van der Waals surface area contributed by atoms with Gasteiger partial charge in [-0.3, -0.25) is 10.3 Å². The lowest BCUT2D eigenvalue weighted by molar-refractivity contribution is 0.209. The third-order valence-corrected chi connectivity index (χ3v) is 2.12. The number of nitrogens with one attached hydrogen (secondary N) is 1. The smallest absolute Gasteiger partial charge is 0.409 e. The summed E-state index contributed by atoms with van der Waals surface area (Å²) in [6, 6.07) is 14.4. The molecule has 0 saturated carbocycles. The first-order valence-corrected chi connectivity index (χ1v) is 5.78. The Hall–Kier alpha value is -2.40. The first kappa shape index (κ1) is 14.7. The minimum absolute atomic E-state index is 0.178. The van der Waals surface area contributed by atoms with Crippen LogP contribution in [0, 0.1) is 0 Å². The van der Waals surface area contributed by atoms with E-state index in [1.54, 1.807) is 30.5 Å². The van der Waals surface area contributed by atoms with Crippen LogP contribution in [0.4, 0.5) is 10.5 Å². The van der Waals surface area contributed by atoms with E-state index in [2.05, 4.69) is 10.3 Å². The fourth-order valence-corrected chi connectivity index (χ4v) is 1.31. The molecule has 0 aliphatic heterocycles. The van der Waals surface area contributed by atoms with Crippen molar-refractivity contribution in [2.75, 3.05) is 11.9 Å². The van der Waals surface area contributed by atoms with Gasteiger partial charge in [-0.25, -0.2) is 4.79 Å². The van der Waals surface area contributed by atoms with Crippen molar-refractivity contribution in [1.29, 1.82) is 0 Å². The van der Waals surface area contributed by atoms with E-state index in [0.717, 1.165) is 5.69 Å². The molecule has 0 fully saturated rings. The number of pyridine rings is 1. The Balaban J connectivity index is 0.000000191. The highest BCUT2D eigenvalue weighted by atomic mass is 16.4. The van der Waals surface area contributed by atoms with Crippen LogP contribution in [0.3, 0.4) is 0 Å². The Morgan fingerprint density at radius 3 is 2.32 bits per heavy atom. The number of aliphatic hydroxyl groups is 1. The van der Waals surface area contributed by atoms with Crippen molar-refractivity contribution in [3.8, 4) is 0 Å². The molecule has 0 atom stereocenters. The highest BCUT2D eigenvalue weighted by Crippen LogP contribution is 2.03. The van der Waals surface area contributed by atoms with Crippen molar-refractivity contribution < 1.29 is 15.0 Å². The summed E-state index contributed by atoms with van der Waals surface area (Å²) in [6.45, 7) is 0.178. The van der Waals surface area contributed by atoms with Crippen molar-refractivity contribution >= 4 is 11.8 Å². The number of nitrogens with zero attached hydrogens (tertiary/aromatic N) is 1. The lowest BCUT2D eigenvalue weighted by Gasteiger charge is -1.96. The van der Waals surface area contributed by atoms with E-state index in [1.807, 2.05) is 24.3 Å². The maximum atomic E-state index is 10.1. The molecule has 1 aromatic carbocycles. The lowest BCUT2D eigenvalue weighted by Crippen LogP contribution is -2.06. The van der Waals surface area contributed by atoms with Crippen LogP contribution in [-0.4, -0.2) is 27.9 Å². The van der Waals surface area contributed by atoms with Crippen molar-refractivity contribution in [3.63, 3.8) is 0 Å². The van der Waals surface area contributed by atoms with Gasteiger partial charge in [-0.2, -0.15) is 0 Å². The van der Waals surface area contributed by atoms with Gasteiger partial charge >= 0.3 is 6.09 Å². The summed E-state index contributed by atoms with van der Waals surface area (Å²) in [5.41, 5.74) is 1.54.